The zero-order chi connectivity index (χ0) is 28.4. The number of hydrogen-bond acceptors (Lipinski definition) is 5. The largest absolute Gasteiger partial charge is 0.497 e. The Hall–Kier alpha value is -3.75. The van der Waals surface area contributed by atoms with Crippen molar-refractivity contribution >= 4 is 41.0 Å². The third-order valence-corrected chi connectivity index (χ3v) is 7.41. The molecule has 10 heteroatoms. The highest BCUT2D eigenvalue weighted by atomic mass is 35.5. The van der Waals surface area contributed by atoms with Crippen LogP contribution in [-0.2, 0) is 4.79 Å². The van der Waals surface area contributed by atoms with Crippen LogP contribution in [-0.4, -0.2) is 60.4 Å². The summed E-state index contributed by atoms with van der Waals surface area (Å²) in [5.41, 5.74) is 2.22. The van der Waals surface area contributed by atoms with Crippen molar-refractivity contribution in [2.45, 2.75) is 32.0 Å². The standard InChI is InChI=1S/C30H30Cl2N4O4/c1-18(2)40-25-16-21(39-3)12-13-23(25)29-34-27(22-6-4-5-7-24(22)32)28(19-8-10-20(31)11-9-19)36(29)30(38)35-15-14-33-26(37)17-35/h4-13,16,18,27-28H,14-15,17H2,1-3H3,(H,33,37)/t27?,28-/m1/s1. The van der Waals surface area contributed by atoms with Gasteiger partial charge in [-0.2, -0.15) is 0 Å². The molecule has 8 nitrogen and oxygen atoms in total. The van der Waals surface area contributed by atoms with Gasteiger partial charge in [0, 0.05) is 29.2 Å². The molecule has 40 heavy (non-hydrogen) atoms. The van der Waals surface area contributed by atoms with Crippen LogP contribution in [0.1, 0.15) is 42.6 Å². The maximum Gasteiger partial charge on any atom is 0.326 e. The monoisotopic (exact) mass is 580 g/mol. The number of rotatable bonds is 6. The molecule has 3 aromatic carbocycles. The summed E-state index contributed by atoms with van der Waals surface area (Å²) in [5.74, 6) is 1.34. The topological polar surface area (TPSA) is 83.5 Å². The molecule has 2 atom stereocenters. The minimum absolute atomic E-state index is 0.0509. The van der Waals surface area contributed by atoms with Gasteiger partial charge in [0.15, 0.2) is 0 Å². The van der Waals surface area contributed by atoms with Crippen LogP contribution < -0.4 is 14.8 Å². The molecule has 2 aliphatic rings. The second-order valence-electron chi connectivity index (χ2n) is 9.87. The fourth-order valence-corrected chi connectivity index (χ4v) is 5.39. The first-order chi connectivity index (χ1) is 19.3. The molecule has 3 amide bonds. The predicted molar refractivity (Wildman–Crippen MR) is 155 cm³/mol. The molecule has 208 valence electrons. The lowest BCUT2D eigenvalue weighted by Crippen LogP contribution is -2.55. The van der Waals surface area contributed by atoms with Crippen LogP contribution in [0.15, 0.2) is 71.7 Å². The van der Waals surface area contributed by atoms with Crippen molar-refractivity contribution in [2.24, 2.45) is 4.99 Å². The number of benzene rings is 3. The van der Waals surface area contributed by atoms with Gasteiger partial charge in [-0.25, -0.2) is 4.79 Å². The van der Waals surface area contributed by atoms with Gasteiger partial charge in [-0.15, -0.1) is 0 Å². The average molecular weight is 582 g/mol. The van der Waals surface area contributed by atoms with Gasteiger partial charge in [-0.1, -0.05) is 53.5 Å². The summed E-state index contributed by atoms with van der Waals surface area (Å²) >= 11 is 13.0. The third kappa shape index (κ3) is 5.60. The second kappa shape index (κ2) is 11.8. The third-order valence-electron chi connectivity index (χ3n) is 6.81. The summed E-state index contributed by atoms with van der Waals surface area (Å²) in [5, 5.41) is 3.90. The van der Waals surface area contributed by atoms with Gasteiger partial charge in [-0.05, 0) is 55.3 Å². The SMILES string of the molecule is COc1ccc(C2=NC(c3ccccc3Cl)[C@@H](c3ccc(Cl)cc3)N2C(=O)N2CCNC(=O)C2)c(OC(C)C)c1. The number of halogens is 2. The maximum absolute atomic E-state index is 14.4. The van der Waals surface area contributed by atoms with Crippen LogP contribution in [0.2, 0.25) is 10.0 Å². The number of carbonyl (C=O) groups excluding carboxylic acids is 2. The van der Waals surface area contributed by atoms with Crippen molar-refractivity contribution in [1.82, 2.24) is 15.1 Å². The number of ether oxygens (including phenoxy) is 2. The fourth-order valence-electron chi connectivity index (χ4n) is 5.01. The summed E-state index contributed by atoms with van der Waals surface area (Å²) in [6.07, 6.45) is -0.144. The van der Waals surface area contributed by atoms with E-state index in [0.29, 0.717) is 46.0 Å². The van der Waals surface area contributed by atoms with Gasteiger partial charge in [0.1, 0.15) is 29.9 Å². The number of amides is 3. The smallest absolute Gasteiger partial charge is 0.326 e. The van der Waals surface area contributed by atoms with Crippen LogP contribution >= 0.6 is 23.2 Å². The molecule has 0 bridgehead atoms. The fraction of sp³-hybridized carbons (Fsp3) is 0.300. The zero-order valence-electron chi connectivity index (χ0n) is 22.4. The molecular formula is C30H30Cl2N4O4. The Morgan fingerprint density at radius 1 is 1.07 bits per heavy atom. The minimum atomic E-state index is -0.571. The summed E-state index contributed by atoms with van der Waals surface area (Å²) in [6, 6.07) is 18.8. The Balaban J connectivity index is 1.72. The van der Waals surface area contributed by atoms with E-state index in [1.807, 2.05) is 62.4 Å². The van der Waals surface area contributed by atoms with Gasteiger partial charge >= 0.3 is 6.03 Å². The molecular weight excluding hydrogens is 551 g/mol. The highest BCUT2D eigenvalue weighted by Crippen LogP contribution is 2.47. The average Bonchev–Trinajstić information content (AvgIpc) is 3.33. The number of carbonyl (C=O) groups is 2. The van der Waals surface area contributed by atoms with Crippen molar-refractivity contribution in [3.8, 4) is 11.5 Å². The lowest BCUT2D eigenvalue weighted by Gasteiger charge is -2.36. The van der Waals surface area contributed by atoms with Crippen LogP contribution in [0.25, 0.3) is 0 Å². The molecule has 0 spiro atoms. The number of piperazine rings is 1. The van der Waals surface area contributed by atoms with Gasteiger partial charge in [0.2, 0.25) is 5.91 Å². The van der Waals surface area contributed by atoms with E-state index in [0.717, 1.165) is 11.1 Å². The number of aliphatic imine (C=N–C) groups is 1. The van der Waals surface area contributed by atoms with Crippen LogP contribution in [0, 0.1) is 0 Å². The van der Waals surface area contributed by atoms with E-state index < -0.39 is 12.1 Å². The van der Waals surface area contributed by atoms with Crippen molar-refractivity contribution in [1.29, 1.82) is 0 Å². The maximum atomic E-state index is 14.4. The lowest BCUT2D eigenvalue weighted by molar-refractivity contribution is -0.123. The van der Waals surface area contributed by atoms with E-state index in [1.165, 1.54) is 0 Å². The number of urea groups is 1. The first-order valence-electron chi connectivity index (χ1n) is 13.0. The van der Waals surface area contributed by atoms with Gasteiger partial charge < -0.3 is 19.7 Å². The normalized spacial score (nSPS) is 18.9. The Bertz CT molecular complexity index is 1440. The molecule has 1 unspecified atom stereocenters. The highest BCUT2D eigenvalue weighted by molar-refractivity contribution is 6.31. The molecule has 2 heterocycles. The van der Waals surface area contributed by atoms with E-state index in [-0.39, 0.29) is 24.6 Å². The molecule has 1 fully saturated rings. The number of hydrogen-bond donors (Lipinski definition) is 1. The van der Waals surface area contributed by atoms with Crippen molar-refractivity contribution in [2.75, 3.05) is 26.7 Å². The van der Waals surface area contributed by atoms with Crippen molar-refractivity contribution < 1.29 is 19.1 Å². The van der Waals surface area contributed by atoms with Gasteiger partial charge in [0.25, 0.3) is 0 Å². The molecule has 0 aromatic heterocycles. The van der Waals surface area contributed by atoms with E-state index in [4.69, 9.17) is 37.7 Å². The summed E-state index contributed by atoms with van der Waals surface area (Å²) < 4.78 is 11.7. The number of nitrogens with one attached hydrogen (secondary N) is 1. The Kier molecular flexibility index (Phi) is 8.19. The lowest BCUT2D eigenvalue weighted by atomic mass is 9.93. The minimum Gasteiger partial charge on any atom is -0.497 e. The van der Waals surface area contributed by atoms with E-state index in [1.54, 1.807) is 35.1 Å². The molecule has 1 saturated heterocycles. The van der Waals surface area contributed by atoms with Crippen molar-refractivity contribution in [3.63, 3.8) is 0 Å². The molecule has 0 saturated carbocycles. The van der Waals surface area contributed by atoms with Crippen LogP contribution in [0.4, 0.5) is 4.79 Å². The highest BCUT2D eigenvalue weighted by Gasteiger charge is 2.45. The van der Waals surface area contributed by atoms with Crippen LogP contribution in [0.3, 0.4) is 0 Å². The zero-order valence-corrected chi connectivity index (χ0v) is 23.9. The predicted octanol–water partition coefficient (Wildman–Crippen LogP) is 5.89. The van der Waals surface area contributed by atoms with Crippen LogP contribution in [0.5, 0.6) is 11.5 Å². The molecule has 2 aliphatic heterocycles. The summed E-state index contributed by atoms with van der Waals surface area (Å²) in [6.45, 7) is 4.55. The van der Waals surface area contributed by atoms with Gasteiger partial charge in [-0.3, -0.25) is 14.7 Å². The Morgan fingerprint density at radius 2 is 1.82 bits per heavy atom. The number of nitrogens with zero attached hydrogens (tertiary/aromatic N) is 3. The number of amidine groups is 1. The molecule has 3 aromatic rings. The van der Waals surface area contributed by atoms with E-state index in [9.17, 15) is 9.59 Å². The number of methoxy groups -OCH3 is 1. The molecule has 5 rings (SSSR count). The molecule has 1 N–H and O–H groups in total. The summed E-state index contributed by atoms with van der Waals surface area (Å²) in [4.78, 5) is 35.0. The molecule has 0 radical (unpaired) electrons. The quantitative estimate of drug-likeness (QED) is 0.394. The summed E-state index contributed by atoms with van der Waals surface area (Å²) in [7, 11) is 1.59. The Morgan fingerprint density at radius 3 is 2.50 bits per heavy atom. The van der Waals surface area contributed by atoms with E-state index in [2.05, 4.69) is 5.32 Å². The van der Waals surface area contributed by atoms with E-state index >= 15 is 0 Å². The van der Waals surface area contributed by atoms with Crippen molar-refractivity contribution in [3.05, 3.63) is 93.5 Å². The Labute approximate surface area is 243 Å². The van der Waals surface area contributed by atoms with Gasteiger partial charge in [0.05, 0.1) is 24.8 Å². The second-order valence-corrected chi connectivity index (χ2v) is 10.7. The first kappa shape index (κ1) is 27.8. The first-order valence-corrected chi connectivity index (χ1v) is 13.8. The molecule has 0 aliphatic carbocycles.